The van der Waals surface area contributed by atoms with Gasteiger partial charge < -0.3 is 9.80 Å². The molecule has 2 atom stereocenters. The first-order valence-corrected chi connectivity index (χ1v) is 10.3. The molecule has 1 aliphatic rings. The van der Waals surface area contributed by atoms with E-state index in [2.05, 4.69) is 54.3 Å². The molecule has 3 nitrogen and oxygen atoms in total. The van der Waals surface area contributed by atoms with Crippen LogP contribution in [0, 0.1) is 5.92 Å². The average Bonchev–Trinajstić information content (AvgIpc) is 2.74. The number of hydrogen-bond acceptors (Lipinski definition) is 2. The average molecular weight is 365 g/mol. The third kappa shape index (κ3) is 5.20. The monoisotopic (exact) mass is 364 g/mol. The van der Waals surface area contributed by atoms with Crippen molar-refractivity contribution < 1.29 is 4.79 Å². The van der Waals surface area contributed by atoms with Gasteiger partial charge >= 0.3 is 0 Å². The van der Waals surface area contributed by atoms with Crippen molar-refractivity contribution in [2.75, 3.05) is 24.5 Å². The number of amides is 1. The van der Waals surface area contributed by atoms with Gasteiger partial charge in [0.15, 0.2) is 0 Å². The van der Waals surface area contributed by atoms with Crippen LogP contribution in [-0.4, -0.2) is 36.5 Å². The van der Waals surface area contributed by atoms with E-state index in [9.17, 15) is 4.79 Å². The van der Waals surface area contributed by atoms with Gasteiger partial charge in [-0.15, -0.1) is 0 Å². The summed E-state index contributed by atoms with van der Waals surface area (Å²) in [6.07, 6.45) is 4.05. The molecule has 3 rings (SSSR count). The number of hydrogen-bond donors (Lipinski definition) is 0. The Morgan fingerprint density at radius 2 is 1.78 bits per heavy atom. The van der Waals surface area contributed by atoms with Crippen LogP contribution in [0.2, 0.25) is 0 Å². The van der Waals surface area contributed by atoms with Crippen molar-refractivity contribution in [2.24, 2.45) is 5.92 Å². The molecule has 2 aromatic rings. The normalized spacial score (nSPS) is 18.8. The largest absolute Gasteiger partial charge is 0.309 e. The van der Waals surface area contributed by atoms with Crippen molar-refractivity contribution >= 4 is 11.6 Å². The first-order chi connectivity index (χ1) is 13.2. The van der Waals surface area contributed by atoms with E-state index >= 15 is 0 Å². The number of carbonyl (C=O) groups is 1. The summed E-state index contributed by atoms with van der Waals surface area (Å²) in [4.78, 5) is 17.3. The fourth-order valence-corrected chi connectivity index (χ4v) is 4.20. The SMILES string of the molecule is CCC(=O)N(c1ccccc1)[C@H](C)[C@@H]1CCCN(CCc2ccccc2)C1. The van der Waals surface area contributed by atoms with Crippen LogP contribution in [0.5, 0.6) is 0 Å². The van der Waals surface area contributed by atoms with E-state index in [4.69, 9.17) is 0 Å². The minimum Gasteiger partial charge on any atom is -0.309 e. The second-order valence-electron chi connectivity index (χ2n) is 7.63. The maximum Gasteiger partial charge on any atom is 0.226 e. The van der Waals surface area contributed by atoms with E-state index in [-0.39, 0.29) is 11.9 Å². The molecule has 3 heteroatoms. The Balaban J connectivity index is 1.65. The predicted octanol–water partition coefficient (Wildman–Crippen LogP) is 4.77. The van der Waals surface area contributed by atoms with Crippen LogP contribution in [0.1, 0.15) is 38.7 Å². The molecule has 2 aromatic carbocycles. The van der Waals surface area contributed by atoms with Gasteiger partial charge in [-0.1, -0.05) is 55.5 Å². The van der Waals surface area contributed by atoms with Gasteiger partial charge in [0.2, 0.25) is 5.91 Å². The van der Waals surface area contributed by atoms with Gasteiger partial charge in [0.1, 0.15) is 0 Å². The molecule has 0 aliphatic carbocycles. The Morgan fingerprint density at radius 3 is 2.44 bits per heavy atom. The lowest BCUT2D eigenvalue weighted by atomic mass is 9.89. The summed E-state index contributed by atoms with van der Waals surface area (Å²) in [5, 5.41) is 0. The van der Waals surface area contributed by atoms with E-state index in [1.54, 1.807) is 0 Å². The van der Waals surface area contributed by atoms with Crippen molar-refractivity contribution in [1.82, 2.24) is 4.90 Å². The molecule has 1 aliphatic heterocycles. The quantitative estimate of drug-likeness (QED) is 0.706. The van der Waals surface area contributed by atoms with E-state index in [1.807, 2.05) is 30.0 Å². The molecule has 144 valence electrons. The Labute approximate surface area is 164 Å². The minimum absolute atomic E-state index is 0.218. The number of carbonyl (C=O) groups excluding carboxylic acids is 1. The predicted molar refractivity (Wildman–Crippen MR) is 113 cm³/mol. The van der Waals surface area contributed by atoms with Crippen molar-refractivity contribution in [1.29, 1.82) is 0 Å². The van der Waals surface area contributed by atoms with Gasteiger partial charge in [-0.2, -0.15) is 0 Å². The van der Waals surface area contributed by atoms with Crippen LogP contribution in [0.3, 0.4) is 0 Å². The zero-order valence-electron chi connectivity index (χ0n) is 16.7. The summed E-state index contributed by atoms with van der Waals surface area (Å²) in [5.74, 6) is 0.736. The van der Waals surface area contributed by atoms with Crippen LogP contribution < -0.4 is 4.90 Å². The second-order valence-corrected chi connectivity index (χ2v) is 7.63. The molecule has 27 heavy (non-hydrogen) atoms. The lowest BCUT2D eigenvalue weighted by molar-refractivity contribution is -0.119. The number of likely N-dealkylation sites (tertiary alicyclic amines) is 1. The highest BCUT2D eigenvalue weighted by molar-refractivity contribution is 5.93. The highest BCUT2D eigenvalue weighted by Crippen LogP contribution is 2.27. The fourth-order valence-electron chi connectivity index (χ4n) is 4.20. The molecular weight excluding hydrogens is 332 g/mol. The van der Waals surface area contributed by atoms with Crippen LogP contribution in [-0.2, 0) is 11.2 Å². The lowest BCUT2D eigenvalue weighted by Crippen LogP contribution is -2.49. The highest BCUT2D eigenvalue weighted by atomic mass is 16.2. The third-order valence-electron chi connectivity index (χ3n) is 5.80. The van der Waals surface area contributed by atoms with Crippen LogP contribution in [0.15, 0.2) is 60.7 Å². The molecule has 0 saturated carbocycles. The fraction of sp³-hybridized carbons (Fsp3) is 0.458. The molecule has 1 heterocycles. The van der Waals surface area contributed by atoms with Crippen molar-refractivity contribution in [3.05, 3.63) is 66.2 Å². The van der Waals surface area contributed by atoms with Crippen LogP contribution >= 0.6 is 0 Å². The van der Waals surface area contributed by atoms with Crippen molar-refractivity contribution in [3.63, 3.8) is 0 Å². The van der Waals surface area contributed by atoms with Crippen molar-refractivity contribution in [2.45, 2.75) is 45.6 Å². The molecule has 1 saturated heterocycles. The zero-order valence-corrected chi connectivity index (χ0v) is 16.7. The van der Waals surface area contributed by atoms with Gasteiger partial charge in [0.05, 0.1) is 0 Å². The van der Waals surface area contributed by atoms with E-state index in [1.165, 1.54) is 24.9 Å². The molecule has 0 unspecified atom stereocenters. The van der Waals surface area contributed by atoms with Gasteiger partial charge in [-0.3, -0.25) is 4.79 Å². The third-order valence-corrected chi connectivity index (χ3v) is 5.80. The number of rotatable bonds is 7. The Bertz CT molecular complexity index is 701. The number of piperidine rings is 1. The first-order valence-electron chi connectivity index (χ1n) is 10.3. The number of benzene rings is 2. The molecule has 0 N–H and O–H groups in total. The summed E-state index contributed by atoms with van der Waals surface area (Å²) in [7, 11) is 0. The summed E-state index contributed by atoms with van der Waals surface area (Å²) in [5.41, 5.74) is 2.43. The second kappa shape index (κ2) is 9.70. The molecular formula is C24H32N2O. The van der Waals surface area contributed by atoms with Crippen LogP contribution in [0.25, 0.3) is 0 Å². The zero-order chi connectivity index (χ0) is 19.1. The van der Waals surface area contributed by atoms with Crippen LogP contribution in [0.4, 0.5) is 5.69 Å². The molecule has 1 amide bonds. The first kappa shape index (κ1) is 19.6. The standard InChI is InChI=1S/C24H32N2O/c1-3-24(27)26(23-14-8-5-9-15-23)20(2)22-13-10-17-25(19-22)18-16-21-11-6-4-7-12-21/h4-9,11-12,14-15,20,22H,3,10,13,16-19H2,1-2H3/t20-,22-/m1/s1. The number of para-hydroxylation sites is 1. The molecule has 0 aromatic heterocycles. The Morgan fingerprint density at radius 1 is 1.11 bits per heavy atom. The summed E-state index contributed by atoms with van der Waals surface area (Å²) < 4.78 is 0. The minimum atomic E-state index is 0.218. The topological polar surface area (TPSA) is 23.6 Å². The lowest BCUT2D eigenvalue weighted by Gasteiger charge is -2.40. The Hall–Kier alpha value is -2.13. The summed E-state index contributed by atoms with van der Waals surface area (Å²) in [6.45, 7) is 7.53. The molecule has 0 spiro atoms. The summed E-state index contributed by atoms with van der Waals surface area (Å²) >= 11 is 0. The summed E-state index contributed by atoms with van der Waals surface area (Å²) in [6, 6.07) is 21.1. The highest BCUT2D eigenvalue weighted by Gasteiger charge is 2.31. The van der Waals surface area contributed by atoms with Crippen molar-refractivity contribution in [3.8, 4) is 0 Å². The smallest absolute Gasteiger partial charge is 0.226 e. The maximum absolute atomic E-state index is 12.7. The molecule has 1 fully saturated rings. The van der Waals surface area contributed by atoms with Gasteiger partial charge in [-0.25, -0.2) is 0 Å². The van der Waals surface area contributed by atoms with E-state index in [0.717, 1.165) is 25.2 Å². The van der Waals surface area contributed by atoms with E-state index < -0.39 is 0 Å². The van der Waals surface area contributed by atoms with Gasteiger partial charge in [-0.05, 0) is 56.3 Å². The van der Waals surface area contributed by atoms with Gasteiger partial charge in [0.25, 0.3) is 0 Å². The maximum atomic E-state index is 12.7. The number of anilines is 1. The van der Waals surface area contributed by atoms with Gasteiger partial charge in [0, 0.05) is 31.2 Å². The Kier molecular flexibility index (Phi) is 7.05. The molecule has 0 radical (unpaired) electrons. The molecule has 0 bridgehead atoms. The number of nitrogens with zero attached hydrogens (tertiary/aromatic N) is 2. The van der Waals surface area contributed by atoms with E-state index in [0.29, 0.717) is 12.3 Å².